The van der Waals surface area contributed by atoms with Crippen molar-refractivity contribution in [2.45, 2.75) is 13.5 Å². The van der Waals surface area contributed by atoms with Gasteiger partial charge in [0.1, 0.15) is 18.1 Å². The van der Waals surface area contributed by atoms with E-state index in [0.29, 0.717) is 6.61 Å². The van der Waals surface area contributed by atoms with Gasteiger partial charge in [-0.1, -0.05) is 13.0 Å². The van der Waals surface area contributed by atoms with Crippen molar-refractivity contribution in [3.63, 3.8) is 0 Å². The van der Waals surface area contributed by atoms with Crippen LogP contribution in [-0.2, 0) is 6.54 Å². The summed E-state index contributed by atoms with van der Waals surface area (Å²) in [5.41, 5.74) is 1.07. The van der Waals surface area contributed by atoms with Gasteiger partial charge in [-0.3, -0.25) is 0 Å². The third-order valence-electron chi connectivity index (χ3n) is 2.19. The monoisotopic (exact) mass is 225 g/mol. The van der Waals surface area contributed by atoms with Crippen LogP contribution in [-0.4, -0.2) is 32.0 Å². The molecule has 90 valence electrons. The maximum atomic E-state index is 8.75. The number of aliphatic hydroxyl groups excluding tert-OH is 1. The summed E-state index contributed by atoms with van der Waals surface area (Å²) in [6.45, 7) is 4.02. The summed E-state index contributed by atoms with van der Waals surface area (Å²) in [4.78, 5) is 0. The van der Waals surface area contributed by atoms with Crippen molar-refractivity contribution >= 4 is 0 Å². The molecule has 0 amide bonds. The predicted octanol–water partition coefficient (Wildman–Crippen LogP) is 1.18. The van der Waals surface area contributed by atoms with Crippen molar-refractivity contribution < 1.29 is 14.6 Å². The van der Waals surface area contributed by atoms with Crippen molar-refractivity contribution in [2.75, 3.05) is 26.9 Å². The van der Waals surface area contributed by atoms with E-state index in [1.807, 2.05) is 18.2 Å². The summed E-state index contributed by atoms with van der Waals surface area (Å²) in [6, 6.07) is 5.70. The normalized spacial score (nSPS) is 10.2. The van der Waals surface area contributed by atoms with Gasteiger partial charge in [0.25, 0.3) is 0 Å². The molecule has 0 aliphatic rings. The van der Waals surface area contributed by atoms with E-state index in [9.17, 15) is 0 Å². The van der Waals surface area contributed by atoms with Crippen molar-refractivity contribution in [3.05, 3.63) is 23.8 Å². The zero-order valence-corrected chi connectivity index (χ0v) is 9.82. The first-order valence-corrected chi connectivity index (χ1v) is 5.43. The molecule has 0 saturated heterocycles. The Hall–Kier alpha value is -1.26. The lowest BCUT2D eigenvalue weighted by atomic mass is 10.2. The minimum atomic E-state index is 0.0118. The zero-order chi connectivity index (χ0) is 11.8. The van der Waals surface area contributed by atoms with E-state index in [0.717, 1.165) is 30.2 Å². The summed E-state index contributed by atoms with van der Waals surface area (Å²) in [5, 5.41) is 12.0. The third kappa shape index (κ3) is 3.72. The Balaban J connectivity index is 2.78. The lowest BCUT2D eigenvalue weighted by Gasteiger charge is -2.12. The van der Waals surface area contributed by atoms with Gasteiger partial charge in [0.2, 0.25) is 0 Å². The molecule has 1 aromatic rings. The quantitative estimate of drug-likeness (QED) is 0.731. The Morgan fingerprint density at radius 2 is 2.19 bits per heavy atom. The van der Waals surface area contributed by atoms with Crippen molar-refractivity contribution in [1.29, 1.82) is 0 Å². The maximum absolute atomic E-state index is 8.75. The molecule has 0 spiro atoms. The number of hydrogen-bond donors (Lipinski definition) is 2. The fourth-order valence-electron chi connectivity index (χ4n) is 1.36. The van der Waals surface area contributed by atoms with Crippen LogP contribution in [0.1, 0.15) is 12.5 Å². The summed E-state index contributed by atoms with van der Waals surface area (Å²) in [6.07, 6.45) is 0. The smallest absolute Gasteiger partial charge is 0.127 e. The topological polar surface area (TPSA) is 50.7 Å². The summed E-state index contributed by atoms with van der Waals surface area (Å²) in [5.74, 6) is 1.52. The van der Waals surface area contributed by atoms with Gasteiger partial charge in [-0.05, 0) is 12.6 Å². The summed E-state index contributed by atoms with van der Waals surface area (Å²) >= 11 is 0. The fourth-order valence-corrected chi connectivity index (χ4v) is 1.36. The molecule has 4 heteroatoms. The summed E-state index contributed by atoms with van der Waals surface area (Å²) in [7, 11) is 1.62. The van der Waals surface area contributed by atoms with Crippen molar-refractivity contribution in [1.82, 2.24) is 5.32 Å². The number of hydrogen-bond acceptors (Lipinski definition) is 4. The molecule has 0 radical (unpaired) electrons. The van der Waals surface area contributed by atoms with Gasteiger partial charge in [0, 0.05) is 18.2 Å². The molecular weight excluding hydrogens is 206 g/mol. The average Bonchev–Trinajstić information content (AvgIpc) is 2.34. The van der Waals surface area contributed by atoms with E-state index >= 15 is 0 Å². The highest BCUT2D eigenvalue weighted by Gasteiger charge is 2.05. The molecular formula is C12H19NO3. The standard InChI is InChI=1S/C12H19NO3/c1-3-13-9-10-4-5-11(15-2)8-12(10)16-7-6-14/h4-5,8,13-14H,3,6-7,9H2,1-2H3. The number of benzene rings is 1. The lowest BCUT2D eigenvalue weighted by Crippen LogP contribution is -2.13. The highest BCUT2D eigenvalue weighted by molar-refractivity contribution is 5.40. The van der Waals surface area contributed by atoms with E-state index in [2.05, 4.69) is 12.2 Å². The van der Waals surface area contributed by atoms with Gasteiger partial charge in [0.15, 0.2) is 0 Å². The van der Waals surface area contributed by atoms with Crippen LogP contribution in [0.2, 0.25) is 0 Å². The minimum Gasteiger partial charge on any atom is -0.497 e. The van der Waals surface area contributed by atoms with Crippen LogP contribution < -0.4 is 14.8 Å². The second-order valence-corrected chi connectivity index (χ2v) is 3.33. The molecule has 0 aliphatic carbocycles. The number of methoxy groups -OCH3 is 1. The third-order valence-corrected chi connectivity index (χ3v) is 2.19. The van der Waals surface area contributed by atoms with E-state index in [1.165, 1.54) is 0 Å². The van der Waals surface area contributed by atoms with E-state index in [4.69, 9.17) is 14.6 Å². The van der Waals surface area contributed by atoms with Crippen LogP contribution in [0.25, 0.3) is 0 Å². The highest BCUT2D eigenvalue weighted by Crippen LogP contribution is 2.24. The van der Waals surface area contributed by atoms with Gasteiger partial charge in [-0.15, -0.1) is 0 Å². The van der Waals surface area contributed by atoms with Gasteiger partial charge < -0.3 is 19.9 Å². The van der Waals surface area contributed by atoms with Crippen LogP contribution >= 0.6 is 0 Å². The SMILES string of the molecule is CCNCc1ccc(OC)cc1OCCO. The van der Waals surface area contributed by atoms with Gasteiger partial charge in [-0.25, -0.2) is 0 Å². The zero-order valence-electron chi connectivity index (χ0n) is 9.82. The Morgan fingerprint density at radius 3 is 2.81 bits per heavy atom. The molecule has 0 atom stereocenters. The first-order chi connectivity index (χ1) is 7.81. The van der Waals surface area contributed by atoms with Crippen molar-refractivity contribution in [3.8, 4) is 11.5 Å². The second kappa shape index (κ2) is 7.09. The second-order valence-electron chi connectivity index (χ2n) is 3.33. The molecule has 0 aliphatic heterocycles. The van der Waals surface area contributed by atoms with Gasteiger partial charge >= 0.3 is 0 Å². The van der Waals surface area contributed by atoms with Crippen LogP contribution in [0, 0.1) is 0 Å². The molecule has 2 N–H and O–H groups in total. The van der Waals surface area contributed by atoms with Crippen molar-refractivity contribution in [2.24, 2.45) is 0 Å². The van der Waals surface area contributed by atoms with Crippen LogP contribution in [0.5, 0.6) is 11.5 Å². The van der Waals surface area contributed by atoms with Crippen LogP contribution in [0.15, 0.2) is 18.2 Å². The van der Waals surface area contributed by atoms with E-state index in [-0.39, 0.29) is 6.61 Å². The molecule has 1 rings (SSSR count). The lowest BCUT2D eigenvalue weighted by molar-refractivity contribution is 0.199. The van der Waals surface area contributed by atoms with E-state index in [1.54, 1.807) is 7.11 Å². The maximum Gasteiger partial charge on any atom is 0.127 e. The highest BCUT2D eigenvalue weighted by atomic mass is 16.5. The molecule has 0 saturated carbocycles. The Morgan fingerprint density at radius 1 is 1.38 bits per heavy atom. The largest absolute Gasteiger partial charge is 0.497 e. The molecule has 0 heterocycles. The molecule has 0 aromatic heterocycles. The van der Waals surface area contributed by atoms with Gasteiger partial charge in [-0.2, -0.15) is 0 Å². The minimum absolute atomic E-state index is 0.0118. The Kier molecular flexibility index (Phi) is 5.67. The number of aliphatic hydroxyl groups is 1. The first kappa shape index (κ1) is 12.8. The molecule has 1 aromatic carbocycles. The number of nitrogens with one attached hydrogen (secondary N) is 1. The number of ether oxygens (including phenoxy) is 2. The van der Waals surface area contributed by atoms with Gasteiger partial charge in [0.05, 0.1) is 13.7 Å². The first-order valence-electron chi connectivity index (χ1n) is 5.43. The molecule has 16 heavy (non-hydrogen) atoms. The van der Waals surface area contributed by atoms with Crippen LogP contribution in [0.3, 0.4) is 0 Å². The molecule has 0 unspecified atom stereocenters. The fraction of sp³-hybridized carbons (Fsp3) is 0.500. The predicted molar refractivity (Wildman–Crippen MR) is 63.0 cm³/mol. The molecule has 0 fully saturated rings. The Bertz CT molecular complexity index is 315. The average molecular weight is 225 g/mol. The number of rotatable bonds is 7. The molecule has 0 bridgehead atoms. The Labute approximate surface area is 96.2 Å². The van der Waals surface area contributed by atoms with Crippen LogP contribution in [0.4, 0.5) is 0 Å². The summed E-state index contributed by atoms with van der Waals surface area (Å²) < 4.78 is 10.6. The molecule has 4 nitrogen and oxygen atoms in total. The van der Waals surface area contributed by atoms with E-state index < -0.39 is 0 Å².